The van der Waals surface area contributed by atoms with E-state index in [9.17, 15) is 9.59 Å². The van der Waals surface area contributed by atoms with Crippen LogP contribution in [-0.4, -0.2) is 23.5 Å². The Morgan fingerprint density at radius 3 is 2.42 bits per heavy atom. The van der Waals surface area contributed by atoms with Crippen LogP contribution in [0.5, 0.6) is 11.5 Å². The van der Waals surface area contributed by atoms with Gasteiger partial charge in [-0.2, -0.15) is 0 Å². The van der Waals surface area contributed by atoms with Crippen LogP contribution in [0.2, 0.25) is 5.02 Å². The van der Waals surface area contributed by atoms with Gasteiger partial charge in [0.2, 0.25) is 6.79 Å². The number of carbonyl (C=O) groups excluding carboxylic acids is 2. The van der Waals surface area contributed by atoms with Crippen molar-refractivity contribution in [2.75, 3.05) is 12.1 Å². The van der Waals surface area contributed by atoms with Gasteiger partial charge in [0, 0.05) is 16.8 Å². The first-order chi connectivity index (χ1) is 15.1. The zero-order chi connectivity index (χ0) is 21.4. The highest BCUT2D eigenvalue weighted by Gasteiger charge is 2.39. The van der Waals surface area contributed by atoms with Crippen LogP contribution in [-0.2, 0) is 16.1 Å². The van der Waals surface area contributed by atoms with E-state index in [1.54, 1.807) is 48.5 Å². The average molecular weight is 433 g/mol. The summed E-state index contributed by atoms with van der Waals surface area (Å²) in [6, 6.07) is 21.6. The first-order valence-electron chi connectivity index (χ1n) is 9.68. The van der Waals surface area contributed by atoms with Gasteiger partial charge in [-0.15, -0.1) is 0 Å². The summed E-state index contributed by atoms with van der Waals surface area (Å²) in [4.78, 5) is 27.9. The Bertz CT molecular complexity index is 1220. The van der Waals surface area contributed by atoms with Crippen molar-refractivity contribution in [3.63, 3.8) is 0 Å². The highest BCUT2D eigenvalue weighted by Crippen LogP contribution is 2.37. The van der Waals surface area contributed by atoms with Crippen LogP contribution in [0.15, 0.2) is 78.5 Å². The molecule has 0 unspecified atom stereocenters. The molecule has 31 heavy (non-hydrogen) atoms. The van der Waals surface area contributed by atoms with Crippen molar-refractivity contribution < 1.29 is 19.1 Å². The highest BCUT2D eigenvalue weighted by molar-refractivity contribution is 6.36. The van der Waals surface area contributed by atoms with Gasteiger partial charge in [0.05, 0.1) is 12.1 Å². The second-order valence-corrected chi connectivity index (χ2v) is 7.50. The number of rotatable bonds is 5. The maximum atomic E-state index is 13.3. The van der Waals surface area contributed by atoms with E-state index in [4.69, 9.17) is 21.1 Å². The van der Waals surface area contributed by atoms with E-state index >= 15 is 0 Å². The average Bonchev–Trinajstić information content (AvgIpc) is 3.34. The topological polar surface area (TPSA) is 67.9 Å². The van der Waals surface area contributed by atoms with E-state index in [0.29, 0.717) is 38.9 Å². The Labute approximate surface area is 183 Å². The second-order valence-electron chi connectivity index (χ2n) is 7.10. The molecular weight excluding hydrogens is 416 g/mol. The minimum absolute atomic E-state index is 0.0833. The van der Waals surface area contributed by atoms with Crippen molar-refractivity contribution in [1.82, 2.24) is 4.90 Å². The number of ether oxygens (including phenoxy) is 2. The molecule has 0 saturated carbocycles. The van der Waals surface area contributed by atoms with Crippen molar-refractivity contribution in [2.24, 2.45) is 0 Å². The molecule has 0 saturated heterocycles. The number of imide groups is 1. The summed E-state index contributed by atoms with van der Waals surface area (Å²) in [5, 5.41) is 3.63. The summed E-state index contributed by atoms with van der Waals surface area (Å²) in [7, 11) is 0. The van der Waals surface area contributed by atoms with Gasteiger partial charge in [0.15, 0.2) is 11.5 Å². The zero-order valence-corrected chi connectivity index (χ0v) is 17.1. The fourth-order valence-electron chi connectivity index (χ4n) is 3.62. The van der Waals surface area contributed by atoms with Crippen LogP contribution in [0.3, 0.4) is 0 Å². The molecule has 2 heterocycles. The number of nitrogens with one attached hydrogen (secondary N) is 1. The Hall–Kier alpha value is -3.77. The van der Waals surface area contributed by atoms with Crippen LogP contribution in [0.4, 0.5) is 5.69 Å². The fraction of sp³-hybridized carbons (Fsp3) is 0.0833. The number of fused-ring (bicyclic) bond motifs is 1. The minimum atomic E-state index is -0.415. The van der Waals surface area contributed by atoms with Gasteiger partial charge in [-0.05, 0) is 29.3 Å². The van der Waals surface area contributed by atoms with Crippen molar-refractivity contribution >= 4 is 34.7 Å². The third kappa shape index (κ3) is 3.51. The molecule has 2 amide bonds. The van der Waals surface area contributed by atoms with Crippen LogP contribution >= 0.6 is 11.6 Å². The summed E-state index contributed by atoms with van der Waals surface area (Å²) in [5.41, 5.74) is 2.50. The molecule has 6 nitrogen and oxygen atoms in total. The van der Waals surface area contributed by atoms with Crippen LogP contribution < -0.4 is 14.8 Å². The van der Waals surface area contributed by atoms with Gasteiger partial charge in [0.1, 0.15) is 5.70 Å². The van der Waals surface area contributed by atoms with Crippen molar-refractivity contribution in [1.29, 1.82) is 0 Å². The van der Waals surface area contributed by atoms with Gasteiger partial charge in [-0.1, -0.05) is 60.1 Å². The fourth-order valence-corrected chi connectivity index (χ4v) is 3.82. The Kier molecular flexibility index (Phi) is 4.84. The molecule has 3 aromatic rings. The number of halogens is 1. The molecule has 0 aliphatic carbocycles. The Balaban J connectivity index is 1.53. The highest BCUT2D eigenvalue weighted by atomic mass is 35.5. The summed E-state index contributed by atoms with van der Waals surface area (Å²) >= 11 is 6.27. The van der Waals surface area contributed by atoms with Crippen molar-refractivity contribution in [3.05, 3.63) is 94.6 Å². The summed E-state index contributed by atoms with van der Waals surface area (Å²) in [6.07, 6.45) is 0. The monoisotopic (exact) mass is 432 g/mol. The lowest BCUT2D eigenvalue weighted by atomic mass is 10.0. The summed E-state index contributed by atoms with van der Waals surface area (Å²) in [6.45, 7) is 0.236. The molecule has 7 heteroatoms. The smallest absolute Gasteiger partial charge is 0.278 e. The summed E-state index contributed by atoms with van der Waals surface area (Å²) in [5.74, 6) is 0.425. The molecule has 3 aromatic carbocycles. The number of hydrogen-bond donors (Lipinski definition) is 1. The Morgan fingerprint density at radius 2 is 1.61 bits per heavy atom. The number of benzene rings is 3. The number of carbonyl (C=O) groups is 2. The maximum absolute atomic E-state index is 13.3. The molecule has 154 valence electrons. The quantitative estimate of drug-likeness (QED) is 0.603. The molecule has 0 bridgehead atoms. The first-order valence-corrected chi connectivity index (χ1v) is 10.1. The number of amides is 2. The molecule has 0 fully saturated rings. The largest absolute Gasteiger partial charge is 0.454 e. The van der Waals surface area contributed by atoms with Crippen LogP contribution in [0.25, 0.3) is 5.57 Å². The minimum Gasteiger partial charge on any atom is -0.454 e. The standard InChI is InChI=1S/C24H17ClN2O4/c25-18-9-5-4-8-16(18)13-27-23(28)21(15-6-2-1-3-7-15)22(24(27)29)26-17-10-11-19-20(12-17)31-14-30-19/h1-12,26H,13-14H2. The number of hydrogen-bond acceptors (Lipinski definition) is 5. The lowest BCUT2D eigenvalue weighted by Crippen LogP contribution is -2.32. The van der Waals surface area contributed by atoms with Gasteiger partial charge >= 0.3 is 0 Å². The third-order valence-corrected chi connectivity index (χ3v) is 5.53. The normalized spacial score (nSPS) is 15.1. The van der Waals surface area contributed by atoms with Crippen LogP contribution in [0, 0.1) is 0 Å². The SMILES string of the molecule is O=C1C(Nc2ccc3c(c2)OCO3)=C(c2ccccc2)C(=O)N1Cc1ccccc1Cl. The van der Waals surface area contributed by atoms with Crippen molar-refractivity contribution in [2.45, 2.75) is 6.54 Å². The van der Waals surface area contributed by atoms with Crippen molar-refractivity contribution in [3.8, 4) is 11.5 Å². The van der Waals surface area contributed by atoms with E-state index in [2.05, 4.69) is 5.32 Å². The Morgan fingerprint density at radius 1 is 0.871 bits per heavy atom. The molecule has 0 atom stereocenters. The molecule has 0 radical (unpaired) electrons. The number of nitrogens with zero attached hydrogens (tertiary/aromatic N) is 1. The van der Waals surface area contributed by atoms with Gasteiger partial charge < -0.3 is 14.8 Å². The lowest BCUT2D eigenvalue weighted by molar-refractivity contribution is -0.137. The lowest BCUT2D eigenvalue weighted by Gasteiger charge is -2.16. The molecule has 2 aliphatic rings. The molecule has 1 N–H and O–H groups in total. The van der Waals surface area contributed by atoms with Gasteiger partial charge in [0.25, 0.3) is 11.8 Å². The van der Waals surface area contributed by atoms with Crippen LogP contribution in [0.1, 0.15) is 11.1 Å². The van der Waals surface area contributed by atoms with E-state index in [1.807, 2.05) is 24.3 Å². The molecule has 5 rings (SSSR count). The molecule has 2 aliphatic heterocycles. The molecule has 0 aromatic heterocycles. The predicted molar refractivity (Wildman–Crippen MR) is 117 cm³/mol. The molecular formula is C24H17ClN2O4. The first kappa shape index (κ1) is 19.2. The summed E-state index contributed by atoms with van der Waals surface area (Å²) < 4.78 is 10.8. The zero-order valence-electron chi connectivity index (χ0n) is 16.3. The van der Waals surface area contributed by atoms with E-state index in [-0.39, 0.29) is 24.9 Å². The molecule has 0 spiro atoms. The van der Waals surface area contributed by atoms with E-state index in [0.717, 1.165) is 0 Å². The maximum Gasteiger partial charge on any atom is 0.278 e. The van der Waals surface area contributed by atoms with Gasteiger partial charge in [-0.3, -0.25) is 14.5 Å². The third-order valence-electron chi connectivity index (χ3n) is 5.16. The predicted octanol–water partition coefficient (Wildman–Crippen LogP) is 4.46. The number of anilines is 1. The van der Waals surface area contributed by atoms with E-state index < -0.39 is 5.91 Å². The van der Waals surface area contributed by atoms with Gasteiger partial charge in [-0.25, -0.2) is 0 Å². The second kappa shape index (κ2) is 7.81. The van der Waals surface area contributed by atoms with E-state index in [1.165, 1.54) is 4.90 Å².